The van der Waals surface area contributed by atoms with Gasteiger partial charge in [-0.25, -0.2) is 4.98 Å². The summed E-state index contributed by atoms with van der Waals surface area (Å²) in [5, 5.41) is 19.6. The first-order chi connectivity index (χ1) is 17.0. The summed E-state index contributed by atoms with van der Waals surface area (Å²) in [5.41, 5.74) is 1.71. The van der Waals surface area contributed by atoms with Gasteiger partial charge in [0.05, 0.1) is 11.5 Å². The summed E-state index contributed by atoms with van der Waals surface area (Å²) in [7, 11) is 2.17. The van der Waals surface area contributed by atoms with Crippen LogP contribution in [0.3, 0.4) is 0 Å². The van der Waals surface area contributed by atoms with Crippen LogP contribution in [0.2, 0.25) is 0 Å². The molecule has 1 saturated heterocycles. The number of anilines is 2. The van der Waals surface area contributed by atoms with Crippen LogP contribution in [0, 0.1) is 5.92 Å². The molecule has 0 spiro atoms. The lowest BCUT2D eigenvalue weighted by molar-refractivity contribution is 0.111. The van der Waals surface area contributed by atoms with Gasteiger partial charge in [-0.05, 0) is 94.9 Å². The second-order valence-electron chi connectivity index (χ2n) is 10.9. The topological polar surface area (TPSA) is 95.3 Å². The molecule has 186 valence electrons. The van der Waals surface area contributed by atoms with E-state index in [2.05, 4.69) is 33.6 Å². The lowest BCUT2D eigenvalue weighted by atomic mass is 9.92. The highest BCUT2D eigenvalue weighted by molar-refractivity contribution is 6.05. The minimum Gasteiger partial charge on any atom is -0.393 e. The molecule has 0 amide bonds. The first-order valence-electron chi connectivity index (χ1n) is 13.3. The number of fused-ring (bicyclic) bond motifs is 3. The fraction of sp³-hybridized carbons (Fsp3) is 0.593. The molecule has 3 aliphatic rings. The van der Waals surface area contributed by atoms with Crippen LogP contribution in [-0.4, -0.2) is 63.4 Å². The third-order valence-electron chi connectivity index (χ3n) is 8.12. The Balaban J connectivity index is 1.42. The van der Waals surface area contributed by atoms with Crippen LogP contribution in [-0.2, 0) is 0 Å². The lowest BCUT2D eigenvalue weighted by Crippen LogP contribution is -2.36. The maximum absolute atomic E-state index is 14.0. The van der Waals surface area contributed by atoms with Gasteiger partial charge in [0.1, 0.15) is 5.65 Å². The Kier molecular flexibility index (Phi) is 6.10. The van der Waals surface area contributed by atoms with Gasteiger partial charge in [0.25, 0.3) is 5.56 Å². The van der Waals surface area contributed by atoms with Crippen molar-refractivity contribution in [2.24, 2.45) is 5.92 Å². The van der Waals surface area contributed by atoms with Crippen LogP contribution in [0.15, 0.2) is 29.2 Å². The zero-order chi connectivity index (χ0) is 23.9. The molecule has 3 heterocycles. The summed E-state index contributed by atoms with van der Waals surface area (Å²) in [6, 6.07) is 6.61. The van der Waals surface area contributed by atoms with E-state index in [4.69, 9.17) is 4.98 Å². The van der Waals surface area contributed by atoms with E-state index in [1.165, 1.54) is 12.8 Å². The Morgan fingerprint density at radius 1 is 1.00 bits per heavy atom. The summed E-state index contributed by atoms with van der Waals surface area (Å²) in [6.07, 6.45) is 9.31. The molecule has 2 aromatic heterocycles. The largest absolute Gasteiger partial charge is 0.393 e. The van der Waals surface area contributed by atoms with E-state index in [0.717, 1.165) is 61.8 Å². The molecular weight excluding hydrogens is 440 g/mol. The molecule has 1 aromatic carbocycles. The molecule has 3 fully saturated rings. The summed E-state index contributed by atoms with van der Waals surface area (Å²) in [4.78, 5) is 25.8. The number of aliphatic hydroxyl groups excluding tert-OH is 1. The van der Waals surface area contributed by atoms with Crippen molar-refractivity contribution in [3.63, 3.8) is 0 Å². The summed E-state index contributed by atoms with van der Waals surface area (Å²) < 4.78 is 1.90. The first-order valence-corrected chi connectivity index (χ1v) is 13.3. The van der Waals surface area contributed by atoms with Gasteiger partial charge in [0.15, 0.2) is 0 Å². The molecule has 3 N–H and O–H groups in total. The minimum absolute atomic E-state index is 0.00719. The van der Waals surface area contributed by atoms with Crippen molar-refractivity contribution in [3.05, 3.63) is 34.7 Å². The number of hydrogen-bond donors (Lipinski definition) is 3. The number of nitrogens with zero attached hydrogens (tertiary/aromatic N) is 4. The normalized spacial score (nSPS) is 24.2. The molecule has 0 unspecified atom stereocenters. The summed E-state index contributed by atoms with van der Waals surface area (Å²) in [5.74, 6) is 1.30. The van der Waals surface area contributed by atoms with Crippen LogP contribution in [0.5, 0.6) is 0 Å². The van der Waals surface area contributed by atoms with Crippen molar-refractivity contribution >= 4 is 33.4 Å². The van der Waals surface area contributed by atoms with E-state index in [1.54, 1.807) is 0 Å². The Morgan fingerprint density at radius 3 is 2.51 bits per heavy atom. The molecule has 0 bridgehead atoms. The van der Waals surface area contributed by atoms with E-state index in [9.17, 15) is 9.90 Å². The fourth-order valence-electron chi connectivity index (χ4n) is 5.70. The van der Waals surface area contributed by atoms with Gasteiger partial charge < -0.3 is 20.6 Å². The number of pyridine rings is 1. The van der Waals surface area contributed by atoms with E-state index in [0.29, 0.717) is 41.8 Å². The molecule has 2 saturated carbocycles. The number of rotatable bonds is 6. The second kappa shape index (κ2) is 9.39. The van der Waals surface area contributed by atoms with Gasteiger partial charge in [0, 0.05) is 35.9 Å². The van der Waals surface area contributed by atoms with E-state index >= 15 is 0 Å². The van der Waals surface area contributed by atoms with Crippen LogP contribution in [0.1, 0.15) is 57.4 Å². The van der Waals surface area contributed by atoms with Crippen LogP contribution in [0.25, 0.3) is 21.8 Å². The number of likely N-dealkylation sites (tertiary alicyclic amines) is 1. The predicted octanol–water partition coefficient (Wildman–Crippen LogP) is 3.75. The monoisotopic (exact) mass is 476 g/mol. The average Bonchev–Trinajstić information content (AvgIpc) is 3.70. The molecule has 0 atom stereocenters. The minimum atomic E-state index is -0.274. The molecule has 3 aromatic rings. The van der Waals surface area contributed by atoms with Gasteiger partial charge in [-0.3, -0.25) is 9.36 Å². The summed E-state index contributed by atoms with van der Waals surface area (Å²) >= 11 is 0. The zero-order valence-corrected chi connectivity index (χ0v) is 20.5. The van der Waals surface area contributed by atoms with E-state index < -0.39 is 0 Å². The number of hydrogen-bond acceptors (Lipinski definition) is 7. The van der Waals surface area contributed by atoms with Gasteiger partial charge in [-0.15, -0.1) is 0 Å². The average molecular weight is 477 g/mol. The molecular formula is C27H36N6O2. The van der Waals surface area contributed by atoms with Crippen molar-refractivity contribution in [1.82, 2.24) is 19.4 Å². The van der Waals surface area contributed by atoms with Crippen molar-refractivity contribution in [3.8, 4) is 0 Å². The summed E-state index contributed by atoms with van der Waals surface area (Å²) in [6.45, 7) is 3.06. The maximum atomic E-state index is 14.0. The molecule has 0 radical (unpaired) electrons. The van der Waals surface area contributed by atoms with Crippen LogP contribution < -0.4 is 16.2 Å². The predicted molar refractivity (Wildman–Crippen MR) is 140 cm³/mol. The van der Waals surface area contributed by atoms with Gasteiger partial charge in [-0.2, -0.15) is 4.98 Å². The second-order valence-corrected chi connectivity index (χ2v) is 10.9. The van der Waals surface area contributed by atoms with Crippen molar-refractivity contribution in [1.29, 1.82) is 0 Å². The molecule has 35 heavy (non-hydrogen) atoms. The number of aromatic nitrogens is 3. The highest BCUT2D eigenvalue weighted by Gasteiger charge is 2.26. The Labute approximate surface area is 205 Å². The Hall–Kier alpha value is -2.71. The van der Waals surface area contributed by atoms with Gasteiger partial charge in [0.2, 0.25) is 5.95 Å². The molecule has 1 aliphatic heterocycles. The number of benzene rings is 1. The third-order valence-corrected chi connectivity index (χ3v) is 8.12. The standard InChI is InChI=1S/C27H36N6O2/c1-32-12-10-18(11-13-32)30-19-4-9-22-23(14-19)26(35)33(20-5-7-21(34)8-6-20)25-24(22)16-29-27(31-25)28-15-17-2-3-17/h4,9,14,16-18,20-21,30,34H,2-3,5-8,10-13,15H2,1H3,(H,28,29,31). The third kappa shape index (κ3) is 4.74. The van der Waals surface area contributed by atoms with Crippen LogP contribution >= 0.6 is 0 Å². The molecule has 6 rings (SSSR count). The fourth-order valence-corrected chi connectivity index (χ4v) is 5.70. The van der Waals surface area contributed by atoms with Gasteiger partial charge >= 0.3 is 0 Å². The first kappa shape index (κ1) is 22.7. The maximum Gasteiger partial charge on any atom is 0.260 e. The smallest absolute Gasteiger partial charge is 0.260 e. The van der Waals surface area contributed by atoms with E-state index in [-0.39, 0.29) is 17.7 Å². The lowest BCUT2D eigenvalue weighted by Gasteiger charge is -2.30. The van der Waals surface area contributed by atoms with E-state index in [1.807, 2.05) is 22.9 Å². The van der Waals surface area contributed by atoms with Crippen molar-refractivity contribution < 1.29 is 5.11 Å². The quantitative estimate of drug-likeness (QED) is 0.467. The van der Waals surface area contributed by atoms with Crippen molar-refractivity contribution in [2.45, 2.75) is 69.6 Å². The number of nitrogens with one attached hydrogen (secondary N) is 2. The SMILES string of the molecule is CN1CCC(Nc2ccc3c(c2)c(=O)n(C2CCC(O)CC2)c2nc(NCC4CC4)ncc32)CC1. The molecule has 8 nitrogen and oxygen atoms in total. The highest BCUT2D eigenvalue weighted by atomic mass is 16.3. The van der Waals surface area contributed by atoms with Crippen LogP contribution in [0.4, 0.5) is 11.6 Å². The number of piperidine rings is 1. The Bertz CT molecular complexity index is 1270. The zero-order valence-electron chi connectivity index (χ0n) is 20.5. The number of aliphatic hydroxyl groups is 1. The van der Waals surface area contributed by atoms with Gasteiger partial charge in [-0.1, -0.05) is 6.07 Å². The Morgan fingerprint density at radius 2 is 1.77 bits per heavy atom. The highest BCUT2D eigenvalue weighted by Crippen LogP contribution is 2.33. The molecule has 8 heteroatoms. The van der Waals surface area contributed by atoms with Crippen molar-refractivity contribution in [2.75, 3.05) is 37.3 Å². The molecule has 2 aliphatic carbocycles.